The summed E-state index contributed by atoms with van der Waals surface area (Å²) in [5.41, 5.74) is 2.70. The zero-order valence-electron chi connectivity index (χ0n) is 15.7. The van der Waals surface area contributed by atoms with Gasteiger partial charge >= 0.3 is 0 Å². The number of benzene rings is 2. The minimum atomic E-state index is -0.0905. The summed E-state index contributed by atoms with van der Waals surface area (Å²) in [5, 5.41) is 2.93. The second-order valence-corrected chi connectivity index (χ2v) is 7.09. The summed E-state index contributed by atoms with van der Waals surface area (Å²) < 4.78 is 5.42. The Morgan fingerprint density at radius 3 is 2.54 bits per heavy atom. The molecule has 0 bridgehead atoms. The van der Waals surface area contributed by atoms with E-state index in [-0.39, 0.29) is 5.91 Å². The first-order chi connectivity index (χ1) is 12.6. The molecule has 3 rings (SSSR count). The van der Waals surface area contributed by atoms with Crippen molar-refractivity contribution in [2.24, 2.45) is 5.92 Å². The molecule has 0 aliphatic carbocycles. The highest BCUT2D eigenvalue weighted by Gasteiger charge is 2.16. The number of piperidine rings is 1. The second kappa shape index (κ2) is 8.86. The van der Waals surface area contributed by atoms with Gasteiger partial charge in [-0.05, 0) is 74.2 Å². The van der Waals surface area contributed by atoms with Crippen LogP contribution in [0.1, 0.15) is 42.6 Å². The van der Waals surface area contributed by atoms with Gasteiger partial charge in [0.2, 0.25) is 0 Å². The lowest BCUT2D eigenvalue weighted by Gasteiger charge is -2.30. The summed E-state index contributed by atoms with van der Waals surface area (Å²) >= 11 is 0. The first-order valence-electron chi connectivity index (χ1n) is 9.49. The fourth-order valence-corrected chi connectivity index (χ4v) is 3.45. The highest BCUT2D eigenvalue weighted by atomic mass is 16.5. The number of hydrogen-bond acceptors (Lipinski definition) is 3. The van der Waals surface area contributed by atoms with Gasteiger partial charge in [-0.1, -0.05) is 19.1 Å². The van der Waals surface area contributed by atoms with Crippen LogP contribution in [-0.4, -0.2) is 30.5 Å². The Hall–Kier alpha value is -2.33. The van der Waals surface area contributed by atoms with Crippen LogP contribution < -0.4 is 10.1 Å². The molecule has 4 nitrogen and oxygen atoms in total. The standard InChI is InChI=1S/C22H28N2O2/c1-3-26-21-12-10-20(11-13-21)23-22(25)19-8-6-18(7-9-19)16-24-14-4-5-17(2)15-24/h6-13,17H,3-5,14-16H2,1-2H3,(H,23,25)/t17-/m1/s1. The molecule has 0 radical (unpaired) electrons. The molecule has 0 saturated carbocycles. The van der Waals surface area contributed by atoms with Crippen molar-refractivity contribution in [3.63, 3.8) is 0 Å². The van der Waals surface area contributed by atoms with Crippen molar-refractivity contribution in [2.75, 3.05) is 25.0 Å². The average Bonchev–Trinajstić information content (AvgIpc) is 2.64. The smallest absolute Gasteiger partial charge is 0.255 e. The van der Waals surface area contributed by atoms with Crippen LogP contribution in [0.15, 0.2) is 48.5 Å². The molecule has 1 saturated heterocycles. The molecule has 26 heavy (non-hydrogen) atoms. The number of ether oxygens (including phenoxy) is 1. The van der Waals surface area contributed by atoms with E-state index in [0.717, 1.165) is 23.9 Å². The fraction of sp³-hybridized carbons (Fsp3) is 0.409. The second-order valence-electron chi connectivity index (χ2n) is 7.09. The molecule has 4 heteroatoms. The van der Waals surface area contributed by atoms with Crippen LogP contribution in [-0.2, 0) is 6.54 Å². The van der Waals surface area contributed by atoms with E-state index in [1.165, 1.54) is 31.5 Å². The van der Waals surface area contributed by atoms with Gasteiger partial charge in [0.15, 0.2) is 0 Å². The van der Waals surface area contributed by atoms with Gasteiger partial charge in [0.05, 0.1) is 6.61 Å². The van der Waals surface area contributed by atoms with Gasteiger partial charge in [0.25, 0.3) is 5.91 Å². The number of nitrogens with zero attached hydrogens (tertiary/aromatic N) is 1. The van der Waals surface area contributed by atoms with E-state index in [2.05, 4.69) is 29.3 Å². The fourth-order valence-electron chi connectivity index (χ4n) is 3.45. The Morgan fingerprint density at radius 1 is 1.15 bits per heavy atom. The number of likely N-dealkylation sites (tertiary alicyclic amines) is 1. The van der Waals surface area contributed by atoms with Gasteiger partial charge in [-0.2, -0.15) is 0 Å². The number of carbonyl (C=O) groups excluding carboxylic acids is 1. The van der Waals surface area contributed by atoms with E-state index in [9.17, 15) is 4.79 Å². The topological polar surface area (TPSA) is 41.6 Å². The lowest BCUT2D eigenvalue weighted by atomic mass is 9.99. The van der Waals surface area contributed by atoms with Crippen molar-refractivity contribution in [2.45, 2.75) is 33.2 Å². The van der Waals surface area contributed by atoms with Crippen LogP contribution in [0.3, 0.4) is 0 Å². The van der Waals surface area contributed by atoms with Gasteiger partial charge in [-0.15, -0.1) is 0 Å². The zero-order chi connectivity index (χ0) is 18.4. The monoisotopic (exact) mass is 352 g/mol. The average molecular weight is 352 g/mol. The summed E-state index contributed by atoms with van der Waals surface area (Å²) in [7, 11) is 0. The summed E-state index contributed by atoms with van der Waals surface area (Å²) in [5.74, 6) is 1.50. The molecule has 1 N–H and O–H groups in total. The number of rotatable bonds is 6. The maximum atomic E-state index is 12.4. The van der Waals surface area contributed by atoms with E-state index in [4.69, 9.17) is 4.74 Å². The van der Waals surface area contributed by atoms with Gasteiger partial charge in [0.1, 0.15) is 5.75 Å². The molecule has 2 aromatic carbocycles. The Balaban J connectivity index is 1.56. The Labute approximate surface area is 156 Å². The van der Waals surface area contributed by atoms with Gasteiger partial charge in [-0.3, -0.25) is 9.69 Å². The third-order valence-electron chi connectivity index (χ3n) is 4.79. The van der Waals surface area contributed by atoms with E-state index in [1.807, 2.05) is 43.3 Å². The third kappa shape index (κ3) is 5.09. The van der Waals surface area contributed by atoms with Crippen molar-refractivity contribution >= 4 is 11.6 Å². The first kappa shape index (κ1) is 18.5. The largest absolute Gasteiger partial charge is 0.494 e. The number of carbonyl (C=O) groups is 1. The quantitative estimate of drug-likeness (QED) is 0.828. The maximum Gasteiger partial charge on any atom is 0.255 e. The molecule has 0 spiro atoms. The molecule has 1 aliphatic heterocycles. The highest BCUT2D eigenvalue weighted by molar-refractivity contribution is 6.04. The molecule has 0 aromatic heterocycles. The van der Waals surface area contributed by atoms with Crippen molar-refractivity contribution in [1.82, 2.24) is 4.90 Å². The van der Waals surface area contributed by atoms with Crippen LogP contribution in [0.25, 0.3) is 0 Å². The maximum absolute atomic E-state index is 12.4. The zero-order valence-corrected chi connectivity index (χ0v) is 15.7. The number of amides is 1. The van der Waals surface area contributed by atoms with Gasteiger partial charge in [0, 0.05) is 24.3 Å². The molecular weight excluding hydrogens is 324 g/mol. The van der Waals surface area contributed by atoms with Crippen LogP contribution in [0, 0.1) is 5.92 Å². The van der Waals surface area contributed by atoms with Crippen molar-refractivity contribution in [3.8, 4) is 5.75 Å². The van der Waals surface area contributed by atoms with Crippen molar-refractivity contribution < 1.29 is 9.53 Å². The van der Waals surface area contributed by atoms with Crippen molar-refractivity contribution in [3.05, 3.63) is 59.7 Å². The normalized spacial score (nSPS) is 17.7. The molecule has 1 amide bonds. The Bertz CT molecular complexity index is 710. The highest BCUT2D eigenvalue weighted by Crippen LogP contribution is 2.19. The Kier molecular flexibility index (Phi) is 6.29. The summed E-state index contributed by atoms with van der Waals surface area (Å²) in [4.78, 5) is 14.9. The number of anilines is 1. The summed E-state index contributed by atoms with van der Waals surface area (Å²) in [6, 6.07) is 15.4. The minimum absolute atomic E-state index is 0.0905. The van der Waals surface area contributed by atoms with E-state index in [0.29, 0.717) is 12.2 Å². The van der Waals surface area contributed by atoms with Crippen LogP contribution in [0.5, 0.6) is 5.75 Å². The minimum Gasteiger partial charge on any atom is -0.494 e. The van der Waals surface area contributed by atoms with Crippen molar-refractivity contribution in [1.29, 1.82) is 0 Å². The third-order valence-corrected chi connectivity index (χ3v) is 4.79. The lowest BCUT2D eigenvalue weighted by molar-refractivity contribution is 0.102. The first-order valence-corrected chi connectivity index (χ1v) is 9.49. The van der Waals surface area contributed by atoms with Crippen LogP contribution >= 0.6 is 0 Å². The molecule has 1 aliphatic rings. The van der Waals surface area contributed by atoms with E-state index >= 15 is 0 Å². The predicted octanol–water partition coefficient (Wildman–Crippen LogP) is 4.57. The molecule has 1 heterocycles. The Morgan fingerprint density at radius 2 is 1.88 bits per heavy atom. The number of hydrogen-bond donors (Lipinski definition) is 1. The van der Waals surface area contributed by atoms with Gasteiger partial charge in [-0.25, -0.2) is 0 Å². The summed E-state index contributed by atoms with van der Waals surface area (Å²) in [6.07, 6.45) is 2.62. The molecule has 1 fully saturated rings. The summed E-state index contributed by atoms with van der Waals surface area (Å²) in [6.45, 7) is 8.20. The molecular formula is C22H28N2O2. The lowest BCUT2D eigenvalue weighted by Crippen LogP contribution is -2.33. The van der Waals surface area contributed by atoms with Crippen LogP contribution in [0.2, 0.25) is 0 Å². The molecule has 138 valence electrons. The molecule has 2 aromatic rings. The molecule has 1 atom stereocenters. The van der Waals surface area contributed by atoms with E-state index in [1.54, 1.807) is 0 Å². The van der Waals surface area contributed by atoms with Crippen LogP contribution in [0.4, 0.5) is 5.69 Å². The molecule has 0 unspecified atom stereocenters. The SMILES string of the molecule is CCOc1ccc(NC(=O)c2ccc(CN3CCC[C@@H](C)C3)cc2)cc1. The van der Waals surface area contributed by atoms with Gasteiger partial charge < -0.3 is 10.1 Å². The van der Waals surface area contributed by atoms with E-state index < -0.39 is 0 Å². The predicted molar refractivity (Wildman–Crippen MR) is 106 cm³/mol. The number of nitrogens with one attached hydrogen (secondary N) is 1.